The van der Waals surface area contributed by atoms with E-state index in [4.69, 9.17) is 15.5 Å². The number of nitrogens with zero attached hydrogens (tertiary/aromatic N) is 4. The largest absolute Gasteiger partial charge is 0.492 e. The lowest BCUT2D eigenvalue weighted by Crippen LogP contribution is -2.19. The summed E-state index contributed by atoms with van der Waals surface area (Å²) in [5.41, 5.74) is 10.8. The van der Waals surface area contributed by atoms with E-state index in [1.54, 1.807) is 6.07 Å². The van der Waals surface area contributed by atoms with Crippen molar-refractivity contribution in [1.82, 2.24) is 24.5 Å². The molecule has 188 valence electrons. The van der Waals surface area contributed by atoms with Crippen LogP contribution in [0.4, 0.5) is 22.0 Å². The topological polar surface area (TPSA) is 136 Å². The fraction of sp³-hybridized carbons (Fsp3) is 0.259. The summed E-state index contributed by atoms with van der Waals surface area (Å²) in [5.74, 6) is 1.74. The molecule has 10 nitrogen and oxygen atoms in total. The molecule has 2 aromatic carbocycles. The third-order valence-electron chi connectivity index (χ3n) is 6.79. The van der Waals surface area contributed by atoms with Gasteiger partial charge in [-0.3, -0.25) is 0 Å². The molecule has 1 aliphatic rings. The Morgan fingerprint density at radius 2 is 2.00 bits per heavy atom. The maximum atomic E-state index is 12.7. The number of aromatic amines is 1. The Kier molecular flexibility index (Phi) is 5.84. The van der Waals surface area contributed by atoms with E-state index in [9.17, 15) is 4.79 Å². The molecule has 0 bridgehead atoms. The first-order valence-corrected chi connectivity index (χ1v) is 12.5. The average molecular weight is 497 g/mol. The summed E-state index contributed by atoms with van der Waals surface area (Å²) in [5, 5.41) is 6.54. The predicted octanol–water partition coefficient (Wildman–Crippen LogP) is 5.71. The normalized spacial score (nSPS) is 13.9. The van der Waals surface area contributed by atoms with E-state index < -0.39 is 0 Å². The molecule has 3 heterocycles. The van der Waals surface area contributed by atoms with Crippen LogP contribution in [0.25, 0.3) is 33.5 Å². The van der Waals surface area contributed by atoms with Crippen LogP contribution in [0.1, 0.15) is 38.6 Å². The molecule has 1 aliphatic carbocycles. The molecular weight excluding hydrogens is 468 g/mol. The van der Waals surface area contributed by atoms with Crippen molar-refractivity contribution >= 4 is 45.3 Å². The van der Waals surface area contributed by atoms with Crippen LogP contribution in [0.3, 0.4) is 0 Å². The Morgan fingerprint density at radius 1 is 1.16 bits per heavy atom. The van der Waals surface area contributed by atoms with Crippen LogP contribution >= 0.6 is 0 Å². The number of nitrogens with one attached hydrogen (secondary N) is 3. The number of H-pyrrole nitrogens is 1. The molecule has 0 radical (unpaired) electrons. The summed E-state index contributed by atoms with van der Waals surface area (Å²) in [4.78, 5) is 29.7. The monoisotopic (exact) mass is 496 g/mol. The summed E-state index contributed by atoms with van der Waals surface area (Å²) < 4.78 is 7.81. The number of hydrogen-bond acceptors (Lipinski definition) is 6. The Balaban J connectivity index is 1.29. The van der Waals surface area contributed by atoms with Crippen LogP contribution in [-0.4, -0.2) is 37.1 Å². The molecule has 6 rings (SSSR count). The van der Waals surface area contributed by atoms with Gasteiger partial charge in [-0.1, -0.05) is 25.0 Å². The summed E-state index contributed by atoms with van der Waals surface area (Å²) >= 11 is 0. The van der Waals surface area contributed by atoms with E-state index in [1.807, 2.05) is 43.3 Å². The first-order valence-electron chi connectivity index (χ1n) is 12.5. The SMILES string of the molecule is CCOc1ccccc1NC(=O)Nc1ccc2nc(-c3cn(C4CCCC4)c4ncnc(N)c34)[nH]c2c1. The van der Waals surface area contributed by atoms with Crippen molar-refractivity contribution in [3.05, 3.63) is 55.0 Å². The van der Waals surface area contributed by atoms with Crippen LogP contribution in [0, 0.1) is 0 Å². The van der Waals surface area contributed by atoms with Crippen molar-refractivity contribution < 1.29 is 9.53 Å². The maximum absolute atomic E-state index is 12.7. The van der Waals surface area contributed by atoms with Gasteiger partial charge in [0.05, 0.1) is 28.7 Å². The number of carbonyl (C=O) groups excluding carboxylic acids is 1. The summed E-state index contributed by atoms with van der Waals surface area (Å²) in [6.45, 7) is 2.41. The molecule has 5 N–H and O–H groups in total. The van der Waals surface area contributed by atoms with E-state index >= 15 is 0 Å². The number of hydrogen-bond donors (Lipinski definition) is 4. The maximum Gasteiger partial charge on any atom is 0.323 e. The van der Waals surface area contributed by atoms with Crippen LogP contribution < -0.4 is 21.1 Å². The van der Waals surface area contributed by atoms with Gasteiger partial charge in [-0.05, 0) is 50.1 Å². The van der Waals surface area contributed by atoms with Crippen molar-refractivity contribution in [2.45, 2.75) is 38.6 Å². The second-order valence-electron chi connectivity index (χ2n) is 9.17. The molecule has 0 aliphatic heterocycles. The minimum atomic E-state index is -0.365. The van der Waals surface area contributed by atoms with Crippen molar-refractivity contribution in [3.63, 3.8) is 0 Å². The molecule has 0 saturated heterocycles. The van der Waals surface area contributed by atoms with Gasteiger partial charge in [0.1, 0.15) is 29.4 Å². The zero-order valence-electron chi connectivity index (χ0n) is 20.5. The fourth-order valence-corrected chi connectivity index (χ4v) is 5.10. The van der Waals surface area contributed by atoms with Gasteiger partial charge in [-0.2, -0.15) is 0 Å². The molecule has 1 saturated carbocycles. The van der Waals surface area contributed by atoms with Crippen molar-refractivity contribution in [3.8, 4) is 17.1 Å². The third kappa shape index (κ3) is 4.31. The first kappa shape index (κ1) is 22.8. The highest BCUT2D eigenvalue weighted by molar-refractivity contribution is 6.03. The average Bonchev–Trinajstić information content (AvgIpc) is 3.64. The smallest absolute Gasteiger partial charge is 0.323 e. The summed E-state index contributed by atoms with van der Waals surface area (Å²) in [7, 11) is 0. The lowest BCUT2D eigenvalue weighted by molar-refractivity contribution is 0.262. The molecule has 0 atom stereocenters. The van der Waals surface area contributed by atoms with Gasteiger partial charge in [0.25, 0.3) is 0 Å². The summed E-state index contributed by atoms with van der Waals surface area (Å²) in [6.07, 6.45) is 8.28. The van der Waals surface area contributed by atoms with E-state index in [-0.39, 0.29) is 6.03 Å². The second-order valence-corrected chi connectivity index (χ2v) is 9.17. The van der Waals surface area contributed by atoms with Gasteiger partial charge in [-0.25, -0.2) is 19.7 Å². The minimum Gasteiger partial charge on any atom is -0.492 e. The number of nitrogen functional groups attached to an aromatic ring is 1. The molecule has 0 spiro atoms. The number of imidazole rings is 1. The highest BCUT2D eigenvalue weighted by Gasteiger charge is 2.24. The molecule has 0 unspecified atom stereocenters. The van der Waals surface area contributed by atoms with E-state index in [0.29, 0.717) is 41.4 Å². The number of anilines is 3. The number of aromatic nitrogens is 5. The highest BCUT2D eigenvalue weighted by atomic mass is 16.5. The number of fused-ring (bicyclic) bond motifs is 2. The number of para-hydroxylation sites is 2. The number of urea groups is 1. The first-order chi connectivity index (χ1) is 18.1. The van der Waals surface area contributed by atoms with Crippen LogP contribution in [0.2, 0.25) is 0 Å². The molecule has 1 fully saturated rings. The van der Waals surface area contributed by atoms with Crippen LogP contribution in [0.15, 0.2) is 55.0 Å². The fourth-order valence-electron chi connectivity index (χ4n) is 5.10. The lowest BCUT2D eigenvalue weighted by atomic mass is 10.2. The number of carbonyl (C=O) groups is 1. The minimum absolute atomic E-state index is 0.365. The Bertz CT molecular complexity index is 1600. The van der Waals surface area contributed by atoms with Gasteiger partial charge < -0.3 is 30.7 Å². The molecule has 5 aromatic rings. The Hall–Kier alpha value is -4.60. The van der Waals surface area contributed by atoms with Crippen molar-refractivity contribution in [2.75, 3.05) is 23.0 Å². The van der Waals surface area contributed by atoms with Gasteiger partial charge in [-0.15, -0.1) is 0 Å². The number of benzene rings is 2. The van der Waals surface area contributed by atoms with Gasteiger partial charge in [0.15, 0.2) is 0 Å². The Labute approximate surface area is 213 Å². The highest BCUT2D eigenvalue weighted by Crippen LogP contribution is 2.38. The molecule has 2 amide bonds. The standard InChI is InChI=1S/C27H28N8O2/c1-2-37-22-10-6-5-9-20(22)34-27(36)31-16-11-12-19-21(13-16)33-25(32-19)18-14-35(17-7-3-4-8-17)26-23(18)24(28)29-15-30-26/h5-6,9-15,17H,2-4,7-8H2,1H3,(H,32,33)(H2,28,29,30)(H2,31,34,36). The number of amides is 2. The van der Waals surface area contributed by atoms with E-state index in [0.717, 1.165) is 40.5 Å². The second kappa shape index (κ2) is 9.45. The number of rotatable bonds is 6. The predicted molar refractivity (Wildman–Crippen MR) is 145 cm³/mol. The van der Waals surface area contributed by atoms with Gasteiger partial charge in [0, 0.05) is 23.5 Å². The van der Waals surface area contributed by atoms with E-state index in [1.165, 1.54) is 19.2 Å². The third-order valence-corrected chi connectivity index (χ3v) is 6.79. The van der Waals surface area contributed by atoms with Crippen molar-refractivity contribution in [2.24, 2.45) is 0 Å². The van der Waals surface area contributed by atoms with Crippen LogP contribution in [-0.2, 0) is 0 Å². The number of ether oxygens (including phenoxy) is 1. The molecule has 3 aromatic heterocycles. The lowest BCUT2D eigenvalue weighted by Gasteiger charge is -2.12. The number of nitrogens with two attached hydrogens (primary N) is 1. The molecule has 37 heavy (non-hydrogen) atoms. The van der Waals surface area contributed by atoms with Gasteiger partial charge >= 0.3 is 6.03 Å². The zero-order chi connectivity index (χ0) is 25.4. The zero-order valence-corrected chi connectivity index (χ0v) is 20.5. The van der Waals surface area contributed by atoms with E-state index in [2.05, 4.69) is 36.3 Å². The van der Waals surface area contributed by atoms with Crippen LogP contribution in [0.5, 0.6) is 5.75 Å². The summed E-state index contributed by atoms with van der Waals surface area (Å²) in [6, 6.07) is 12.9. The molecular formula is C27H28N8O2. The quantitative estimate of drug-likeness (QED) is 0.238. The molecule has 10 heteroatoms. The Morgan fingerprint density at radius 3 is 2.84 bits per heavy atom. The van der Waals surface area contributed by atoms with Gasteiger partial charge in [0.2, 0.25) is 0 Å². The van der Waals surface area contributed by atoms with Crippen molar-refractivity contribution in [1.29, 1.82) is 0 Å².